The molecule has 0 saturated carbocycles. The standard InChI is InChI=1S/C14H16Br2N2/c15-13-8-11-4-7-18(6-3-1-2-5-17)10-12(11)9-14(13)16/h8-9H,1-4,6-7,10H2. The highest BCUT2D eigenvalue weighted by atomic mass is 79.9. The van der Waals surface area contributed by atoms with E-state index in [-0.39, 0.29) is 0 Å². The van der Waals surface area contributed by atoms with Gasteiger partial charge in [-0.05, 0) is 80.9 Å². The molecule has 4 heteroatoms. The molecule has 0 spiro atoms. The van der Waals surface area contributed by atoms with Crippen LogP contribution in [0.3, 0.4) is 0 Å². The van der Waals surface area contributed by atoms with Crippen LogP contribution in [0.1, 0.15) is 30.4 Å². The van der Waals surface area contributed by atoms with Crippen LogP contribution in [-0.4, -0.2) is 18.0 Å². The summed E-state index contributed by atoms with van der Waals surface area (Å²) < 4.78 is 2.27. The number of fused-ring (bicyclic) bond motifs is 1. The molecule has 1 heterocycles. The highest BCUT2D eigenvalue weighted by molar-refractivity contribution is 9.13. The SMILES string of the molecule is N#CCCCCN1CCc2cc(Br)c(Br)cc2C1. The zero-order chi connectivity index (χ0) is 13.0. The quantitative estimate of drug-likeness (QED) is 0.739. The minimum Gasteiger partial charge on any atom is -0.299 e. The molecule has 18 heavy (non-hydrogen) atoms. The van der Waals surface area contributed by atoms with Gasteiger partial charge in [-0.3, -0.25) is 4.90 Å². The second-order valence-electron chi connectivity index (χ2n) is 4.68. The van der Waals surface area contributed by atoms with Crippen LogP contribution in [0.5, 0.6) is 0 Å². The Balaban J connectivity index is 1.93. The van der Waals surface area contributed by atoms with E-state index in [1.54, 1.807) is 0 Å². The van der Waals surface area contributed by atoms with Crippen molar-refractivity contribution in [3.8, 4) is 6.07 Å². The highest BCUT2D eigenvalue weighted by Gasteiger charge is 2.17. The lowest BCUT2D eigenvalue weighted by atomic mass is 10.00. The molecule has 0 bridgehead atoms. The Morgan fingerprint density at radius 2 is 1.89 bits per heavy atom. The van der Waals surface area contributed by atoms with Crippen molar-refractivity contribution in [3.05, 3.63) is 32.2 Å². The summed E-state index contributed by atoms with van der Waals surface area (Å²) in [7, 11) is 0. The summed E-state index contributed by atoms with van der Waals surface area (Å²) in [6.45, 7) is 3.27. The summed E-state index contributed by atoms with van der Waals surface area (Å²) in [5.41, 5.74) is 2.88. The Morgan fingerprint density at radius 1 is 1.17 bits per heavy atom. The van der Waals surface area contributed by atoms with E-state index in [0.29, 0.717) is 6.42 Å². The number of hydrogen-bond acceptors (Lipinski definition) is 2. The first-order valence-corrected chi connectivity index (χ1v) is 7.85. The third-order valence-electron chi connectivity index (χ3n) is 3.35. The Morgan fingerprint density at radius 3 is 2.61 bits per heavy atom. The second kappa shape index (κ2) is 6.70. The van der Waals surface area contributed by atoms with Crippen molar-refractivity contribution in [2.75, 3.05) is 13.1 Å². The van der Waals surface area contributed by atoms with Crippen LogP contribution in [-0.2, 0) is 13.0 Å². The fourth-order valence-corrected chi connectivity index (χ4v) is 3.12. The molecular weight excluding hydrogens is 356 g/mol. The van der Waals surface area contributed by atoms with Gasteiger partial charge in [0.15, 0.2) is 0 Å². The summed E-state index contributed by atoms with van der Waals surface area (Å²) >= 11 is 7.12. The third kappa shape index (κ3) is 3.57. The topological polar surface area (TPSA) is 27.0 Å². The first kappa shape index (κ1) is 14.0. The molecule has 0 atom stereocenters. The fourth-order valence-electron chi connectivity index (χ4n) is 2.34. The van der Waals surface area contributed by atoms with E-state index >= 15 is 0 Å². The number of nitriles is 1. The molecule has 0 aromatic heterocycles. The zero-order valence-electron chi connectivity index (χ0n) is 10.3. The molecule has 0 unspecified atom stereocenters. The molecule has 0 saturated heterocycles. The van der Waals surface area contributed by atoms with Gasteiger partial charge in [-0.15, -0.1) is 0 Å². The van der Waals surface area contributed by atoms with Crippen LogP contribution in [0.25, 0.3) is 0 Å². The third-order valence-corrected chi connectivity index (χ3v) is 5.19. The lowest BCUT2D eigenvalue weighted by Crippen LogP contribution is -2.31. The first-order chi connectivity index (χ1) is 8.70. The van der Waals surface area contributed by atoms with Crippen LogP contribution in [0.2, 0.25) is 0 Å². The smallest absolute Gasteiger partial charge is 0.0621 e. The Labute approximate surface area is 125 Å². The maximum absolute atomic E-state index is 8.52. The van der Waals surface area contributed by atoms with Crippen molar-refractivity contribution in [3.63, 3.8) is 0 Å². The van der Waals surface area contributed by atoms with E-state index in [4.69, 9.17) is 5.26 Å². The van der Waals surface area contributed by atoms with Gasteiger partial charge in [-0.25, -0.2) is 0 Å². The largest absolute Gasteiger partial charge is 0.299 e. The van der Waals surface area contributed by atoms with Crippen LogP contribution >= 0.6 is 31.9 Å². The summed E-state index contributed by atoms with van der Waals surface area (Å²) in [6, 6.07) is 6.66. The van der Waals surface area contributed by atoms with E-state index in [1.807, 2.05) is 0 Å². The van der Waals surface area contributed by atoms with Crippen molar-refractivity contribution in [2.24, 2.45) is 0 Å². The minimum absolute atomic E-state index is 0.683. The molecular formula is C14H16Br2N2. The molecule has 1 aliphatic rings. The summed E-state index contributed by atoms with van der Waals surface area (Å²) in [5, 5.41) is 8.52. The van der Waals surface area contributed by atoms with Gasteiger partial charge in [0, 0.05) is 28.5 Å². The molecule has 0 N–H and O–H groups in total. The van der Waals surface area contributed by atoms with E-state index < -0.39 is 0 Å². The van der Waals surface area contributed by atoms with Crippen LogP contribution in [0.15, 0.2) is 21.1 Å². The first-order valence-electron chi connectivity index (χ1n) is 6.27. The average Bonchev–Trinajstić information content (AvgIpc) is 2.36. The van der Waals surface area contributed by atoms with Crippen LogP contribution < -0.4 is 0 Å². The van der Waals surface area contributed by atoms with Crippen molar-refractivity contribution in [2.45, 2.75) is 32.2 Å². The van der Waals surface area contributed by atoms with Gasteiger partial charge >= 0.3 is 0 Å². The Kier molecular flexibility index (Phi) is 5.23. The van der Waals surface area contributed by atoms with Crippen LogP contribution in [0.4, 0.5) is 0 Å². The predicted molar refractivity (Wildman–Crippen MR) is 80.3 cm³/mol. The molecule has 0 radical (unpaired) electrons. The monoisotopic (exact) mass is 370 g/mol. The van der Waals surface area contributed by atoms with Crippen molar-refractivity contribution in [1.29, 1.82) is 5.26 Å². The van der Waals surface area contributed by atoms with E-state index in [9.17, 15) is 0 Å². The molecule has 96 valence electrons. The molecule has 2 rings (SSSR count). The molecule has 2 nitrogen and oxygen atoms in total. The van der Waals surface area contributed by atoms with Gasteiger partial charge in [-0.1, -0.05) is 0 Å². The van der Waals surface area contributed by atoms with Crippen molar-refractivity contribution in [1.82, 2.24) is 4.90 Å². The molecule has 0 fully saturated rings. The Bertz CT molecular complexity index is 466. The zero-order valence-corrected chi connectivity index (χ0v) is 13.4. The molecule has 1 aromatic rings. The molecule has 0 aliphatic carbocycles. The summed E-state index contributed by atoms with van der Waals surface area (Å²) in [6.07, 6.45) is 3.95. The van der Waals surface area contributed by atoms with E-state index in [1.165, 1.54) is 11.1 Å². The number of rotatable bonds is 4. The van der Waals surface area contributed by atoms with Gasteiger partial charge in [0.25, 0.3) is 0 Å². The predicted octanol–water partition coefficient (Wildman–Crippen LogP) is 4.26. The van der Waals surface area contributed by atoms with Crippen LogP contribution in [0, 0.1) is 11.3 Å². The molecule has 1 aliphatic heterocycles. The fraction of sp³-hybridized carbons (Fsp3) is 0.500. The molecule has 1 aromatic carbocycles. The maximum atomic E-state index is 8.52. The normalized spacial score (nSPS) is 15.2. The lowest BCUT2D eigenvalue weighted by molar-refractivity contribution is 0.249. The molecule has 0 amide bonds. The maximum Gasteiger partial charge on any atom is 0.0621 e. The van der Waals surface area contributed by atoms with Gasteiger partial charge in [0.2, 0.25) is 0 Å². The van der Waals surface area contributed by atoms with Crippen molar-refractivity contribution >= 4 is 31.9 Å². The number of nitrogens with zero attached hydrogens (tertiary/aromatic N) is 2. The summed E-state index contributed by atoms with van der Waals surface area (Å²) in [5.74, 6) is 0. The summed E-state index contributed by atoms with van der Waals surface area (Å²) in [4.78, 5) is 2.49. The Hall–Kier alpha value is -0.370. The number of halogens is 2. The number of unbranched alkanes of at least 4 members (excludes halogenated alkanes) is 2. The number of benzene rings is 1. The van der Waals surface area contributed by atoms with Gasteiger partial charge < -0.3 is 0 Å². The van der Waals surface area contributed by atoms with E-state index in [2.05, 4.69) is 55.0 Å². The van der Waals surface area contributed by atoms with E-state index in [0.717, 1.165) is 47.8 Å². The van der Waals surface area contributed by atoms with Gasteiger partial charge in [-0.2, -0.15) is 5.26 Å². The highest BCUT2D eigenvalue weighted by Crippen LogP contribution is 2.30. The minimum atomic E-state index is 0.683. The lowest BCUT2D eigenvalue weighted by Gasteiger charge is -2.29. The number of hydrogen-bond donors (Lipinski definition) is 0. The average molecular weight is 372 g/mol. The van der Waals surface area contributed by atoms with Crippen molar-refractivity contribution < 1.29 is 0 Å². The van der Waals surface area contributed by atoms with Gasteiger partial charge in [0.05, 0.1) is 6.07 Å². The second-order valence-corrected chi connectivity index (χ2v) is 6.39. The van der Waals surface area contributed by atoms with Gasteiger partial charge in [0.1, 0.15) is 0 Å².